The largest absolute Gasteiger partial charge is 0.478 e. The highest BCUT2D eigenvalue weighted by atomic mass is 35.5. The maximum absolute atomic E-state index is 11.6. The van der Waals surface area contributed by atoms with Crippen LogP contribution < -0.4 is 4.74 Å². The molecule has 0 saturated heterocycles. The van der Waals surface area contributed by atoms with Crippen LogP contribution in [-0.2, 0) is 17.8 Å². The number of aromatic nitrogens is 2. The Morgan fingerprint density at radius 3 is 2.39 bits per heavy atom. The normalized spacial score (nSPS) is 12.8. The van der Waals surface area contributed by atoms with Crippen molar-refractivity contribution in [1.82, 2.24) is 9.55 Å². The molecule has 4 rings (SSSR count). The van der Waals surface area contributed by atoms with E-state index in [-0.39, 0.29) is 5.92 Å². The van der Waals surface area contributed by atoms with E-state index in [0.717, 1.165) is 28.8 Å². The van der Waals surface area contributed by atoms with Crippen LogP contribution >= 0.6 is 11.6 Å². The Balaban J connectivity index is 1.77. The number of carbonyl (C=O) groups is 1. The molecule has 0 saturated carbocycles. The number of aliphatic carboxylic acids is 1. The number of imidazole rings is 1. The van der Waals surface area contributed by atoms with Crippen LogP contribution in [0.5, 0.6) is 5.75 Å². The monoisotopic (exact) mass is 504 g/mol. The zero-order valence-corrected chi connectivity index (χ0v) is 22.2. The quantitative estimate of drug-likeness (QED) is 0.259. The van der Waals surface area contributed by atoms with Gasteiger partial charge in [0.05, 0.1) is 17.6 Å². The Labute approximate surface area is 217 Å². The number of carboxylic acids is 1. The first-order valence-electron chi connectivity index (χ1n) is 12.3. The molecule has 3 aromatic carbocycles. The molecule has 1 atom stereocenters. The number of carboxylic acid groups (broad SMARTS) is 1. The molecule has 0 bridgehead atoms. The van der Waals surface area contributed by atoms with Gasteiger partial charge < -0.3 is 14.4 Å². The molecule has 0 aliphatic rings. The Hall–Kier alpha value is -3.31. The zero-order chi connectivity index (χ0) is 26.0. The lowest BCUT2D eigenvalue weighted by atomic mass is 9.96. The number of ether oxygens (including phenoxy) is 1. The van der Waals surface area contributed by atoms with E-state index in [1.54, 1.807) is 6.07 Å². The number of rotatable bonds is 9. The summed E-state index contributed by atoms with van der Waals surface area (Å²) in [5.74, 6) is 0.996. The van der Waals surface area contributed by atoms with Gasteiger partial charge in [-0.3, -0.25) is 0 Å². The van der Waals surface area contributed by atoms with Gasteiger partial charge in [0.25, 0.3) is 0 Å². The molecule has 0 spiro atoms. The van der Waals surface area contributed by atoms with Crippen LogP contribution in [0.2, 0.25) is 5.02 Å². The van der Waals surface area contributed by atoms with E-state index in [0.29, 0.717) is 23.2 Å². The predicted molar refractivity (Wildman–Crippen MR) is 145 cm³/mol. The second-order valence-corrected chi connectivity index (χ2v) is 10.7. The molecule has 1 heterocycles. The van der Waals surface area contributed by atoms with Crippen LogP contribution in [-0.4, -0.2) is 26.2 Å². The molecule has 5 nitrogen and oxygen atoms in total. The van der Waals surface area contributed by atoms with Crippen molar-refractivity contribution in [2.45, 2.75) is 59.1 Å². The summed E-state index contributed by atoms with van der Waals surface area (Å²) >= 11 is 6.52. The fourth-order valence-corrected chi connectivity index (χ4v) is 4.58. The number of halogens is 1. The summed E-state index contributed by atoms with van der Waals surface area (Å²) in [6.45, 7) is 10.2. The van der Waals surface area contributed by atoms with E-state index in [1.165, 1.54) is 25.0 Å². The molecule has 1 N–H and O–H groups in total. The van der Waals surface area contributed by atoms with E-state index >= 15 is 0 Å². The lowest BCUT2D eigenvalue weighted by Crippen LogP contribution is -2.37. The summed E-state index contributed by atoms with van der Waals surface area (Å²) < 4.78 is 7.97. The van der Waals surface area contributed by atoms with Crippen molar-refractivity contribution in [3.8, 4) is 5.75 Å². The number of benzene rings is 3. The Kier molecular flexibility index (Phi) is 7.41. The first-order chi connectivity index (χ1) is 17.0. The summed E-state index contributed by atoms with van der Waals surface area (Å²) in [6.07, 6.45) is 1.05. The summed E-state index contributed by atoms with van der Waals surface area (Å²) in [6, 6.07) is 22.1. The van der Waals surface area contributed by atoms with Crippen LogP contribution in [0.15, 0.2) is 66.7 Å². The molecule has 188 valence electrons. The summed E-state index contributed by atoms with van der Waals surface area (Å²) in [5, 5.41) is 10.2. The van der Waals surface area contributed by atoms with Gasteiger partial charge in [0.15, 0.2) is 5.60 Å². The van der Waals surface area contributed by atoms with Crippen LogP contribution in [0, 0.1) is 5.92 Å². The molecule has 0 radical (unpaired) electrons. The van der Waals surface area contributed by atoms with Crippen molar-refractivity contribution in [3.05, 3.63) is 94.3 Å². The van der Waals surface area contributed by atoms with Gasteiger partial charge in [0.1, 0.15) is 11.6 Å². The van der Waals surface area contributed by atoms with E-state index in [2.05, 4.69) is 49.6 Å². The third kappa shape index (κ3) is 5.57. The molecule has 1 aromatic heterocycles. The van der Waals surface area contributed by atoms with Crippen molar-refractivity contribution in [2.75, 3.05) is 0 Å². The fraction of sp³-hybridized carbons (Fsp3) is 0.333. The second kappa shape index (κ2) is 10.4. The average Bonchev–Trinajstić information content (AvgIpc) is 3.17. The maximum atomic E-state index is 11.6. The zero-order valence-electron chi connectivity index (χ0n) is 21.5. The van der Waals surface area contributed by atoms with Crippen molar-refractivity contribution in [3.63, 3.8) is 0 Å². The van der Waals surface area contributed by atoms with Gasteiger partial charge in [-0.1, -0.05) is 74.8 Å². The highest BCUT2D eigenvalue weighted by molar-refractivity contribution is 6.31. The molecule has 4 aromatic rings. The number of nitrogens with zero attached hydrogens (tertiary/aromatic N) is 2. The summed E-state index contributed by atoms with van der Waals surface area (Å²) in [7, 11) is 0. The molecular formula is C30H33ClN2O3. The van der Waals surface area contributed by atoms with Crippen molar-refractivity contribution in [2.24, 2.45) is 5.92 Å². The van der Waals surface area contributed by atoms with Gasteiger partial charge in [-0.2, -0.15) is 0 Å². The first-order valence-corrected chi connectivity index (χ1v) is 12.7. The minimum absolute atomic E-state index is 0.0350. The van der Waals surface area contributed by atoms with E-state index in [9.17, 15) is 9.90 Å². The lowest BCUT2D eigenvalue weighted by molar-refractivity contribution is -0.152. The predicted octanol–water partition coefficient (Wildman–Crippen LogP) is 7.33. The van der Waals surface area contributed by atoms with Gasteiger partial charge in [-0.15, -0.1) is 0 Å². The molecule has 6 heteroatoms. The van der Waals surface area contributed by atoms with Crippen molar-refractivity contribution < 1.29 is 14.6 Å². The lowest BCUT2D eigenvalue weighted by Gasteiger charge is -2.21. The minimum Gasteiger partial charge on any atom is -0.478 e. The number of fused-ring (bicyclic) bond motifs is 1. The van der Waals surface area contributed by atoms with Gasteiger partial charge in [0, 0.05) is 17.0 Å². The van der Waals surface area contributed by atoms with Crippen molar-refractivity contribution >= 4 is 28.6 Å². The van der Waals surface area contributed by atoms with E-state index in [1.807, 2.05) is 36.4 Å². The third-order valence-corrected chi connectivity index (χ3v) is 6.80. The first kappa shape index (κ1) is 25.8. The fourth-order valence-electron chi connectivity index (χ4n) is 4.39. The molecule has 0 amide bonds. The van der Waals surface area contributed by atoms with Gasteiger partial charge in [-0.05, 0) is 61.1 Å². The maximum Gasteiger partial charge on any atom is 0.347 e. The van der Waals surface area contributed by atoms with Gasteiger partial charge in [0.2, 0.25) is 0 Å². The topological polar surface area (TPSA) is 64.3 Å². The van der Waals surface area contributed by atoms with Crippen LogP contribution in [0.25, 0.3) is 11.0 Å². The van der Waals surface area contributed by atoms with E-state index < -0.39 is 11.6 Å². The van der Waals surface area contributed by atoms with Gasteiger partial charge in [-0.25, -0.2) is 9.78 Å². The number of hydrogen-bond acceptors (Lipinski definition) is 3. The minimum atomic E-state index is -1.35. The highest BCUT2D eigenvalue weighted by Crippen LogP contribution is 2.32. The Bertz CT molecular complexity index is 1370. The van der Waals surface area contributed by atoms with Crippen molar-refractivity contribution in [1.29, 1.82) is 0 Å². The summed E-state index contributed by atoms with van der Waals surface area (Å²) in [4.78, 5) is 16.6. The van der Waals surface area contributed by atoms with Crippen LogP contribution in [0.1, 0.15) is 63.1 Å². The standard InChI is InChI=1S/C30H33ClN2O3/c1-19(2)16-21-10-12-22(13-11-21)20(3)28-32-26-17-24(36-30(4,5)29(34)35)14-15-27(26)33(28)18-23-8-6-7-9-25(23)31/h6-15,17,19-20H,16,18H2,1-5H3,(H,34,35). The molecular weight excluding hydrogens is 472 g/mol. The third-order valence-electron chi connectivity index (χ3n) is 6.43. The van der Waals surface area contributed by atoms with E-state index in [4.69, 9.17) is 21.3 Å². The highest BCUT2D eigenvalue weighted by Gasteiger charge is 2.30. The second-order valence-electron chi connectivity index (χ2n) is 10.3. The number of hydrogen-bond donors (Lipinski definition) is 1. The molecule has 1 unspecified atom stereocenters. The Morgan fingerprint density at radius 2 is 1.75 bits per heavy atom. The molecule has 0 fully saturated rings. The summed E-state index contributed by atoms with van der Waals surface area (Å²) in [5.41, 5.74) is 3.86. The van der Waals surface area contributed by atoms with Crippen LogP contribution in [0.4, 0.5) is 0 Å². The molecule has 36 heavy (non-hydrogen) atoms. The SMILES string of the molecule is CC(C)Cc1ccc(C(C)c2nc3cc(OC(C)(C)C(=O)O)ccc3n2Cc2ccccc2Cl)cc1. The van der Waals surface area contributed by atoms with Gasteiger partial charge >= 0.3 is 5.97 Å². The van der Waals surface area contributed by atoms with Crippen LogP contribution in [0.3, 0.4) is 0 Å². The average molecular weight is 505 g/mol. The molecule has 0 aliphatic heterocycles. The molecule has 0 aliphatic carbocycles. The smallest absolute Gasteiger partial charge is 0.347 e. The Morgan fingerprint density at radius 1 is 1.06 bits per heavy atom.